The minimum absolute atomic E-state index is 0.000566. The smallest absolute Gasteiger partial charge is 0.269 e. The fourth-order valence-electron chi connectivity index (χ4n) is 4.37. The Morgan fingerprint density at radius 2 is 1.69 bits per heavy atom. The minimum atomic E-state index is -3.91. The molecule has 36 heavy (non-hydrogen) atoms. The molecular formula is C27H35N3O5S. The highest BCUT2D eigenvalue weighted by molar-refractivity contribution is 7.90. The summed E-state index contributed by atoms with van der Waals surface area (Å²) in [7, 11) is -3.91. The summed E-state index contributed by atoms with van der Waals surface area (Å²) in [5.74, 6) is -0.981. The van der Waals surface area contributed by atoms with Crippen molar-refractivity contribution in [3.05, 3.63) is 65.7 Å². The molecule has 3 rings (SSSR count). The molecule has 0 saturated carbocycles. The van der Waals surface area contributed by atoms with Crippen LogP contribution in [-0.4, -0.2) is 61.0 Å². The number of rotatable bonds is 13. The predicted molar refractivity (Wildman–Crippen MR) is 138 cm³/mol. The van der Waals surface area contributed by atoms with Crippen LogP contribution in [0.2, 0.25) is 0 Å². The zero-order valence-electron chi connectivity index (χ0n) is 21.0. The molecule has 0 aromatic heterocycles. The van der Waals surface area contributed by atoms with Crippen molar-refractivity contribution >= 4 is 27.7 Å². The highest BCUT2D eigenvalue weighted by atomic mass is 32.2. The topological polar surface area (TPSA) is 104 Å². The molecule has 1 aliphatic heterocycles. The molecule has 0 saturated heterocycles. The Morgan fingerprint density at radius 3 is 2.36 bits per heavy atom. The van der Waals surface area contributed by atoms with Crippen LogP contribution in [0, 0.1) is 0 Å². The molecular weight excluding hydrogens is 478 g/mol. The standard InChI is InChI=1S/C27H35N3O5S/c1-3-5-18-28-26(32)23(4-2)29(20-17-21-12-7-6-8-13-21)25(31)16-11-19-30-27(33)22-14-9-10-15-24(22)36(30,34)35/h6-10,12-15,23H,3-5,11,16-20H2,1-2H3,(H,28,32). The van der Waals surface area contributed by atoms with E-state index in [2.05, 4.69) is 5.32 Å². The van der Waals surface area contributed by atoms with Gasteiger partial charge in [0.1, 0.15) is 10.9 Å². The van der Waals surface area contributed by atoms with Gasteiger partial charge in [-0.1, -0.05) is 62.7 Å². The van der Waals surface area contributed by atoms with Gasteiger partial charge in [0, 0.05) is 26.1 Å². The lowest BCUT2D eigenvalue weighted by molar-refractivity contribution is -0.140. The van der Waals surface area contributed by atoms with E-state index in [1.54, 1.807) is 17.0 Å². The minimum Gasteiger partial charge on any atom is -0.354 e. The summed E-state index contributed by atoms with van der Waals surface area (Å²) < 4.78 is 26.4. The maximum Gasteiger partial charge on any atom is 0.269 e. The normalized spacial score (nSPS) is 14.8. The van der Waals surface area contributed by atoms with Crippen LogP contribution in [-0.2, 0) is 26.0 Å². The van der Waals surface area contributed by atoms with Crippen LogP contribution in [0.3, 0.4) is 0 Å². The maximum absolute atomic E-state index is 13.3. The molecule has 0 radical (unpaired) electrons. The second-order valence-electron chi connectivity index (χ2n) is 8.87. The van der Waals surface area contributed by atoms with Crippen LogP contribution in [0.25, 0.3) is 0 Å². The Kier molecular flexibility index (Phi) is 9.64. The van der Waals surface area contributed by atoms with Crippen LogP contribution < -0.4 is 5.32 Å². The number of hydrogen-bond donors (Lipinski definition) is 1. The second kappa shape index (κ2) is 12.7. The number of hydrogen-bond acceptors (Lipinski definition) is 5. The van der Waals surface area contributed by atoms with Gasteiger partial charge in [-0.25, -0.2) is 12.7 Å². The van der Waals surface area contributed by atoms with E-state index >= 15 is 0 Å². The number of unbranched alkanes of at least 4 members (excludes halogenated alkanes) is 1. The zero-order chi connectivity index (χ0) is 26.1. The fraction of sp³-hybridized carbons (Fsp3) is 0.444. The van der Waals surface area contributed by atoms with E-state index in [-0.39, 0.29) is 41.7 Å². The lowest BCUT2D eigenvalue weighted by atomic mass is 10.1. The van der Waals surface area contributed by atoms with E-state index in [1.807, 2.05) is 44.2 Å². The van der Waals surface area contributed by atoms with Crippen LogP contribution in [0.1, 0.15) is 61.9 Å². The molecule has 1 N–H and O–H groups in total. The summed E-state index contributed by atoms with van der Waals surface area (Å²) in [6.07, 6.45) is 3.08. The number of nitrogens with zero attached hydrogens (tertiary/aromatic N) is 2. The Morgan fingerprint density at radius 1 is 1.00 bits per heavy atom. The molecule has 2 aromatic rings. The van der Waals surface area contributed by atoms with Gasteiger partial charge in [0.15, 0.2) is 0 Å². The number of fused-ring (bicyclic) bond motifs is 1. The van der Waals surface area contributed by atoms with Crippen LogP contribution in [0.5, 0.6) is 0 Å². The van der Waals surface area contributed by atoms with Crippen molar-refractivity contribution < 1.29 is 22.8 Å². The number of benzene rings is 2. The highest BCUT2D eigenvalue weighted by Crippen LogP contribution is 2.30. The molecule has 1 atom stereocenters. The summed E-state index contributed by atoms with van der Waals surface area (Å²) in [6, 6.07) is 15.3. The number of carbonyl (C=O) groups excluding carboxylic acids is 3. The average Bonchev–Trinajstić information content (AvgIpc) is 3.07. The molecule has 0 fully saturated rings. The highest BCUT2D eigenvalue weighted by Gasteiger charge is 2.40. The van der Waals surface area contributed by atoms with Gasteiger partial charge in [0.2, 0.25) is 11.8 Å². The number of sulfonamides is 1. The van der Waals surface area contributed by atoms with E-state index in [0.717, 1.165) is 22.7 Å². The monoisotopic (exact) mass is 513 g/mol. The first-order valence-corrected chi connectivity index (χ1v) is 14.0. The van der Waals surface area contributed by atoms with Crippen molar-refractivity contribution in [1.82, 2.24) is 14.5 Å². The molecule has 8 nitrogen and oxygen atoms in total. The van der Waals surface area contributed by atoms with E-state index < -0.39 is 22.0 Å². The molecule has 1 aliphatic rings. The molecule has 0 spiro atoms. The van der Waals surface area contributed by atoms with Crippen molar-refractivity contribution in [1.29, 1.82) is 0 Å². The number of amides is 3. The Balaban J connectivity index is 1.68. The molecule has 3 amide bonds. The van der Waals surface area contributed by atoms with Gasteiger partial charge < -0.3 is 10.2 Å². The lowest BCUT2D eigenvalue weighted by Gasteiger charge is -2.31. The van der Waals surface area contributed by atoms with Gasteiger partial charge in [-0.3, -0.25) is 14.4 Å². The molecule has 2 aromatic carbocycles. The summed E-state index contributed by atoms with van der Waals surface area (Å²) in [6.45, 7) is 4.76. The predicted octanol–water partition coefficient (Wildman–Crippen LogP) is 3.38. The van der Waals surface area contributed by atoms with Crippen LogP contribution in [0.4, 0.5) is 0 Å². The maximum atomic E-state index is 13.3. The number of nitrogens with one attached hydrogen (secondary N) is 1. The van der Waals surface area contributed by atoms with Crippen molar-refractivity contribution in [3.63, 3.8) is 0 Å². The Hall–Kier alpha value is -3.20. The van der Waals surface area contributed by atoms with Gasteiger partial charge in [-0.05, 0) is 43.4 Å². The van der Waals surface area contributed by atoms with Gasteiger partial charge in [-0.15, -0.1) is 0 Å². The summed E-state index contributed by atoms with van der Waals surface area (Å²) in [4.78, 5) is 40.5. The van der Waals surface area contributed by atoms with Crippen molar-refractivity contribution in [2.24, 2.45) is 0 Å². The van der Waals surface area contributed by atoms with Crippen LogP contribution in [0.15, 0.2) is 59.5 Å². The zero-order valence-corrected chi connectivity index (χ0v) is 21.8. The van der Waals surface area contributed by atoms with E-state index in [4.69, 9.17) is 0 Å². The van der Waals surface area contributed by atoms with Gasteiger partial charge >= 0.3 is 0 Å². The lowest BCUT2D eigenvalue weighted by Crippen LogP contribution is -2.50. The molecule has 9 heteroatoms. The van der Waals surface area contributed by atoms with E-state index in [9.17, 15) is 22.8 Å². The third kappa shape index (κ3) is 6.32. The van der Waals surface area contributed by atoms with Gasteiger partial charge in [0.25, 0.3) is 15.9 Å². The van der Waals surface area contributed by atoms with E-state index in [0.29, 0.717) is 25.9 Å². The third-order valence-electron chi connectivity index (χ3n) is 6.36. The van der Waals surface area contributed by atoms with Crippen LogP contribution >= 0.6 is 0 Å². The number of carbonyl (C=O) groups is 3. The summed E-state index contributed by atoms with van der Waals surface area (Å²) in [5.41, 5.74) is 1.21. The summed E-state index contributed by atoms with van der Waals surface area (Å²) in [5, 5.41) is 2.93. The third-order valence-corrected chi connectivity index (χ3v) is 8.20. The first-order valence-electron chi connectivity index (χ1n) is 12.6. The van der Waals surface area contributed by atoms with Crippen molar-refractivity contribution in [2.75, 3.05) is 19.6 Å². The molecule has 0 aliphatic carbocycles. The molecule has 0 bridgehead atoms. The molecule has 1 unspecified atom stereocenters. The first-order chi connectivity index (χ1) is 17.3. The molecule has 1 heterocycles. The quantitative estimate of drug-likeness (QED) is 0.414. The van der Waals surface area contributed by atoms with E-state index in [1.165, 1.54) is 12.1 Å². The van der Waals surface area contributed by atoms with Crippen molar-refractivity contribution in [3.8, 4) is 0 Å². The summed E-state index contributed by atoms with van der Waals surface area (Å²) >= 11 is 0. The fourth-order valence-corrected chi connectivity index (χ4v) is 5.98. The largest absolute Gasteiger partial charge is 0.354 e. The SMILES string of the molecule is CCCCNC(=O)C(CC)N(CCc1ccccc1)C(=O)CCCN1C(=O)c2ccccc2S1(=O)=O. The first kappa shape index (κ1) is 27.4. The van der Waals surface area contributed by atoms with Crippen molar-refractivity contribution in [2.45, 2.75) is 63.3 Å². The molecule has 194 valence electrons. The second-order valence-corrected chi connectivity index (χ2v) is 10.7. The average molecular weight is 514 g/mol. The van der Waals surface area contributed by atoms with Gasteiger partial charge in [0.05, 0.1) is 5.56 Å². The Bertz CT molecular complexity index is 1170. The van der Waals surface area contributed by atoms with Gasteiger partial charge in [-0.2, -0.15) is 0 Å². The Labute approximate surface area is 213 Å².